The van der Waals surface area contributed by atoms with Crippen LogP contribution in [0.1, 0.15) is 12.8 Å². The largest absolute Gasteiger partial charge is 0.494 e. The highest BCUT2D eigenvalue weighted by molar-refractivity contribution is 6.42. The van der Waals surface area contributed by atoms with E-state index in [4.69, 9.17) is 38.9 Å². The van der Waals surface area contributed by atoms with E-state index in [0.29, 0.717) is 35.2 Å². The van der Waals surface area contributed by atoms with Gasteiger partial charge in [-0.15, -0.1) is 0 Å². The first-order valence-electron chi connectivity index (χ1n) is 4.67. The Balaban J connectivity index is 2.35. The smallest absolute Gasteiger partial charge is 0.139 e. The maximum Gasteiger partial charge on any atom is 0.139 e. The molecule has 6 heteroatoms. The van der Waals surface area contributed by atoms with Gasteiger partial charge in [-0.25, -0.2) is 0 Å². The Morgan fingerprint density at radius 2 is 2.12 bits per heavy atom. The SMILES string of the molecule is N/C(CCCOc1ccc(Cl)c(Cl)c1)=N\O. The highest BCUT2D eigenvalue weighted by Gasteiger charge is 2.00. The summed E-state index contributed by atoms with van der Waals surface area (Å²) in [5.74, 6) is 0.839. The third-order valence-corrected chi connectivity index (χ3v) is 2.60. The zero-order valence-corrected chi connectivity index (χ0v) is 10.0. The fraction of sp³-hybridized carbons (Fsp3) is 0.300. The number of rotatable bonds is 5. The fourth-order valence-electron chi connectivity index (χ4n) is 1.06. The fourth-order valence-corrected chi connectivity index (χ4v) is 1.35. The van der Waals surface area contributed by atoms with Crippen LogP contribution in [0.3, 0.4) is 0 Å². The number of nitrogens with zero attached hydrogens (tertiary/aromatic N) is 1. The molecule has 0 unspecified atom stereocenters. The molecule has 0 amide bonds. The quantitative estimate of drug-likeness (QED) is 0.282. The van der Waals surface area contributed by atoms with E-state index in [9.17, 15) is 0 Å². The minimum atomic E-state index is 0.192. The lowest BCUT2D eigenvalue weighted by molar-refractivity contribution is 0.305. The van der Waals surface area contributed by atoms with Gasteiger partial charge in [-0.05, 0) is 18.6 Å². The zero-order valence-electron chi connectivity index (χ0n) is 8.49. The van der Waals surface area contributed by atoms with Gasteiger partial charge >= 0.3 is 0 Å². The molecule has 4 nitrogen and oxygen atoms in total. The first-order chi connectivity index (χ1) is 7.63. The molecular formula is C10H12Cl2N2O2. The summed E-state index contributed by atoms with van der Waals surface area (Å²) in [4.78, 5) is 0. The third-order valence-electron chi connectivity index (χ3n) is 1.87. The zero-order chi connectivity index (χ0) is 12.0. The Bertz CT molecular complexity index is 383. The minimum Gasteiger partial charge on any atom is -0.494 e. The molecular weight excluding hydrogens is 251 g/mol. The van der Waals surface area contributed by atoms with E-state index >= 15 is 0 Å². The summed E-state index contributed by atoms with van der Waals surface area (Å²) in [6.07, 6.45) is 1.15. The van der Waals surface area contributed by atoms with Crippen molar-refractivity contribution in [2.45, 2.75) is 12.8 Å². The van der Waals surface area contributed by atoms with Crippen molar-refractivity contribution < 1.29 is 9.94 Å². The van der Waals surface area contributed by atoms with Crippen LogP contribution in [-0.2, 0) is 0 Å². The highest BCUT2D eigenvalue weighted by atomic mass is 35.5. The molecule has 0 fully saturated rings. The van der Waals surface area contributed by atoms with E-state index in [-0.39, 0.29) is 5.84 Å². The standard InChI is InChI=1S/C10H12Cl2N2O2/c11-8-4-3-7(6-9(8)12)16-5-1-2-10(13)14-15/h3-4,6,15H,1-2,5H2,(H2,13,14). The van der Waals surface area contributed by atoms with Crippen LogP contribution in [0.2, 0.25) is 10.0 Å². The van der Waals surface area contributed by atoms with Crippen LogP contribution in [0.4, 0.5) is 0 Å². The summed E-state index contributed by atoms with van der Waals surface area (Å²) in [6, 6.07) is 5.05. The second kappa shape index (κ2) is 6.45. The monoisotopic (exact) mass is 262 g/mol. The predicted octanol–water partition coefficient (Wildman–Crippen LogP) is 2.90. The molecule has 0 aliphatic rings. The van der Waals surface area contributed by atoms with Crippen molar-refractivity contribution in [2.75, 3.05) is 6.61 Å². The van der Waals surface area contributed by atoms with Gasteiger partial charge in [-0.3, -0.25) is 0 Å². The number of nitrogens with two attached hydrogens (primary N) is 1. The lowest BCUT2D eigenvalue weighted by Crippen LogP contribution is -2.12. The van der Waals surface area contributed by atoms with Crippen LogP contribution in [0.5, 0.6) is 5.75 Å². The summed E-state index contributed by atoms with van der Waals surface area (Å²) < 4.78 is 5.40. The van der Waals surface area contributed by atoms with Gasteiger partial charge in [0.2, 0.25) is 0 Å². The average Bonchev–Trinajstić information content (AvgIpc) is 2.28. The van der Waals surface area contributed by atoms with E-state index in [1.54, 1.807) is 18.2 Å². The number of hydrogen-bond acceptors (Lipinski definition) is 3. The van der Waals surface area contributed by atoms with Crippen LogP contribution in [0.15, 0.2) is 23.4 Å². The maximum atomic E-state index is 8.31. The molecule has 0 heterocycles. The Morgan fingerprint density at radius 1 is 1.38 bits per heavy atom. The third kappa shape index (κ3) is 4.16. The van der Waals surface area contributed by atoms with Crippen molar-refractivity contribution in [3.05, 3.63) is 28.2 Å². The van der Waals surface area contributed by atoms with Gasteiger partial charge in [0.25, 0.3) is 0 Å². The van der Waals surface area contributed by atoms with Gasteiger partial charge in [0.15, 0.2) is 0 Å². The first kappa shape index (κ1) is 12.9. The van der Waals surface area contributed by atoms with Crippen molar-refractivity contribution in [1.29, 1.82) is 0 Å². The van der Waals surface area contributed by atoms with Crippen molar-refractivity contribution in [2.24, 2.45) is 10.9 Å². The molecule has 3 N–H and O–H groups in total. The number of halogens is 2. The summed E-state index contributed by atoms with van der Waals surface area (Å²) in [7, 11) is 0. The Hall–Kier alpha value is -1.13. The van der Waals surface area contributed by atoms with E-state index in [1.165, 1.54) is 0 Å². The molecule has 0 radical (unpaired) electrons. The number of ether oxygens (including phenoxy) is 1. The number of oxime groups is 1. The molecule has 16 heavy (non-hydrogen) atoms. The van der Waals surface area contributed by atoms with Gasteiger partial charge in [0.05, 0.1) is 16.7 Å². The van der Waals surface area contributed by atoms with Crippen molar-refractivity contribution in [3.63, 3.8) is 0 Å². The van der Waals surface area contributed by atoms with Crippen LogP contribution in [0.25, 0.3) is 0 Å². The van der Waals surface area contributed by atoms with E-state index < -0.39 is 0 Å². The second-order valence-corrected chi connectivity index (χ2v) is 3.93. The van der Waals surface area contributed by atoms with Crippen LogP contribution < -0.4 is 10.5 Å². The highest BCUT2D eigenvalue weighted by Crippen LogP contribution is 2.26. The normalized spacial score (nSPS) is 11.5. The average molecular weight is 263 g/mol. The first-order valence-corrected chi connectivity index (χ1v) is 5.43. The van der Waals surface area contributed by atoms with Crippen LogP contribution in [0, 0.1) is 0 Å². The molecule has 0 spiro atoms. The molecule has 1 aromatic carbocycles. The lowest BCUT2D eigenvalue weighted by atomic mass is 10.3. The van der Waals surface area contributed by atoms with E-state index in [2.05, 4.69) is 5.16 Å². The van der Waals surface area contributed by atoms with Gasteiger partial charge in [0.1, 0.15) is 11.6 Å². The summed E-state index contributed by atoms with van der Waals surface area (Å²) in [6.45, 7) is 0.466. The van der Waals surface area contributed by atoms with Gasteiger partial charge in [-0.1, -0.05) is 28.4 Å². The predicted molar refractivity (Wildman–Crippen MR) is 64.6 cm³/mol. The van der Waals surface area contributed by atoms with Crippen molar-refractivity contribution in [3.8, 4) is 5.75 Å². The van der Waals surface area contributed by atoms with E-state index in [0.717, 1.165) is 0 Å². The molecule has 0 bridgehead atoms. The molecule has 0 saturated heterocycles. The molecule has 88 valence electrons. The molecule has 0 atom stereocenters. The Kier molecular flexibility index (Phi) is 5.22. The maximum absolute atomic E-state index is 8.31. The number of amidine groups is 1. The van der Waals surface area contributed by atoms with Crippen molar-refractivity contribution in [1.82, 2.24) is 0 Å². The minimum absolute atomic E-state index is 0.192. The Labute approximate surface area is 104 Å². The summed E-state index contributed by atoms with van der Waals surface area (Å²) in [5, 5.41) is 12.1. The molecule has 1 aromatic rings. The van der Waals surface area contributed by atoms with Gasteiger partial charge in [0, 0.05) is 12.5 Å². The van der Waals surface area contributed by atoms with Gasteiger partial charge in [-0.2, -0.15) is 0 Å². The Morgan fingerprint density at radius 3 is 2.75 bits per heavy atom. The molecule has 1 rings (SSSR count). The van der Waals surface area contributed by atoms with Crippen LogP contribution in [-0.4, -0.2) is 17.6 Å². The van der Waals surface area contributed by atoms with E-state index in [1.807, 2.05) is 0 Å². The molecule has 0 aromatic heterocycles. The summed E-state index contributed by atoms with van der Waals surface area (Å²) in [5.41, 5.74) is 5.30. The number of hydrogen-bond donors (Lipinski definition) is 2. The lowest BCUT2D eigenvalue weighted by Gasteiger charge is -2.06. The molecule has 0 saturated carbocycles. The van der Waals surface area contributed by atoms with Crippen molar-refractivity contribution >= 4 is 29.0 Å². The molecule has 0 aliphatic carbocycles. The molecule has 0 aliphatic heterocycles. The van der Waals surface area contributed by atoms with Gasteiger partial charge < -0.3 is 15.7 Å². The summed E-state index contributed by atoms with van der Waals surface area (Å²) >= 11 is 11.6. The second-order valence-electron chi connectivity index (χ2n) is 3.12. The van der Waals surface area contributed by atoms with Crippen LogP contribution >= 0.6 is 23.2 Å². The number of benzene rings is 1. The topological polar surface area (TPSA) is 67.8 Å².